The van der Waals surface area contributed by atoms with Crippen LogP contribution in [0.4, 0.5) is 5.82 Å². The molecule has 2 aliphatic rings. The van der Waals surface area contributed by atoms with Crippen LogP contribution in [0.5, 0.6) is 5.88 Å². The van der Waals surface area contributed by atoms with Gasteiger partial charge in [0.15, 0.2) is 12.0 Å². The molecule has 1 aromatic rings. The van der Waals surface area contributed by atoms with Gasteiger partial charge in [0.05, 0.1) is 16.9 Å². The van der Waals surface area contributed by atoms with Crippen LogP contribution in [0.15, 0.2) is 21.9 Å². The third-order valence-electron chi connectivity index (χ3n) is 2.79. The van der Waals surface area contributed by atoms with Crippen molar-refractivity contribution >= 4 is 35.2 Å². The predicted octanol–water partition coefficient (Wildman–Crippen LogP) is 0.842. The molecule has 6 nitrogen and oxygen atoms in total. The molecular weight excluding hydrogens is 286 g/mol. The number of aromatic nitrogens is 2. The lowest BCUT2D eigenvalue weighted by atomic mass is 10.4. The van der Waals surface area contributed by atoms with Crippen molar-refractivity contribution in [2.75, 3.05) is 23.5 Å². The highest BCUT2D eigenvalue weighted by Gasteiger charge is 2.41. The molecule has 0 fully saturated rings. The largest absolute Gasteiger partial charge is 0.480 e. The van der Waals surface area contributed by atoms with Gasteiger partial charge in [-0.05, 0) is 6.07 Å². The summed E-state index contributed by atoms with van der Waals surface area (Å²) in [6.45, 7) is 0. The van der Waals surface area contributed by atoms with E-state index < -0.39 is 6.23 Å². The highest BCUT2D eigenvalue weighted by molar-refractivity contribution is 8.10. The van der Waals surface area contributed by atoms with E-state index >= 15 is 0 Å². The second-order valence-corrected chi connectivity index (χ2v) is 6.11. The molecule has 1 amide bonds. The average molecular weight is 297 g/mol. The van der Waals surface area contributed by atoms with Gasteiger partial charge in [-0.1, -0.05) is 0 Å². The monoisotopic (exact) mass is 297 g/mol. The summed E-state index contributed by atoms with van der Waals surface area (Å²) in [5.74, 6) is 2.26. The van der Waals surface area contributed by atoms with Gasteiger partial charge >= 0.3 is 0 Å². The van der Waals surface area contributed by atoms with Crippen molar-refractivity contribution in [2.45, 2.75) is 6.23 Å². The van der Waals surface area contributed by atoms with E-state index in [2.05, 4.69) is 10.2 Å². The number of carbonyl (C=O) groups excluding carboxylic acids is 1. The first-order valence-electron chi connectivity index (χ1n) is 5.61. The number of hydrogen-bond acceptors (Lipinski definition) is 7. The summed E-state index contributed by atoms with van der Waals surface area (Å²) in [6.07, 6.45) is -0.956. The van der Waals surface area contributed by atoms with Gasteiger partial charge < -0.3 is 9.84 Å². The minimum absolute atomic E-state index is 0.209. The number of anilines is 1. The second kappa shape index (κ2) is 5.03. The number of carbonyl (C=O) groups is 1. The zero-order chi connectivity index (χ0) is 13.4. The van der Waals surface area contributed by atoms with E-state index in [0.29, 0.717) is 16.6 Å². The SMILES string of the molecule is COc1ccc(N2C(=O)C3=C(SCCS3)C2O)nn1. The molecule has 100 valence electrons. The van der Waals surface area contributed by atoms with Crippen molar-refractivity contribution < 1.29 is 14.6 Å². The van der Waals surface area contributed by atoms with Crippen LogP contribution in [-0.2, 0) is 4.79 Å². The fourth-order valence-corrected chi connectivity index (χ4v) is 4.29. The smallest absolute Gasteiger partial charge is 0.269 e. The van der Waals surface area contributed by atoms with E-state index in [-0.39, 0.29) is 5.91 Å². The number of aliphatic hydroxyl groups excluding tert-OH is 1. The van der Waals surface area contributed by atoms with Crippen molar-refractivity contribution in [1.82, 2.24) is 10.2 Å². The topological polar surface area (TPSA) is 75.5 Å². The zero-order valence-corrected chi connectivity index (χ0v) is 11.7. The van der Waals surface area contributed by atoms with Gasteiger partial charge in [-0.25, -0.2) is 0 Å². The van der Waals surface area contributed by atoms with Crippen molar-refractivity contribution in [3.63, 3.8) is 0 Å². The fraction of sp³-hybridized carbons (Fsp3) is 0.364. The molecule has 0 bridgehead atoms. The standard InChI is InChI=1S/C11H11N3O3S2/c1-17-7-3-2-6(12-13-7)14-10(15)8-9(11(14)16)19-5-4-18-8/h2-3,10,15H,4-5H2,1H3. The van der Waals surface area contributed by atoms with E-state index in [4.69, 9.17) is 4.74 Å². The quantitative estimate of drug-likeness (QED) is 0.867. The fourth-order valence-electron chi connectivity index (χ4n) is 1.91. The molecule has 0 saturated heterocycles. The summed E-state index contributed by atoms with van der Waals surface area (Å²) in [5, 5.41) is 18.0. The Bertz CT molecular complexity index is 547. The van der Waals surface area contributed by atoms with E-state index in [1.54, 1.807) is 12.1 Å². The van der Waals surface area contributed by atoms with Crippen LogP contribution in [-0.4, -0.2) is 46.1 Å². The Hall–Kier alpha value is -1.25. The zero-order valence-electron chi connectivity index (χ0n) is 10.1. The molecule has 8 heteroatoms. The van der Waals surface area contributed by atoms with Gasteiger partial charge in [-0.3, -0.25) is 9.69 Å². The number of ether oxygens (including phenoxy) is 1. The van der Waals surface area contributed by atoms with Crippen molar-refractivity contribution in [3.05, 3.63) is 21.9 Å². The molecule has 3 rings (SSSR count). The Morgan fingerprint density at radius 2 is 2.16 bits per heavy atom. The number of thioether (sulfide) groups is 2. The van der Waals surface area contributed by atoms with E-state index in [9.17, 15) is 9.90 Å². The van der Waals surface area contributed by atoms with Crippen LogP contribution >= 0.6 is 23.5 Å². The van der Waals surface area contributed by atoms with Crippen LogP contribution in [0, 0.1) is 0 Å². The third kappa shape index (κ3) is 2.09. The van der Waals surface area contributed by atoms with Crippen LogP contribution < -0.4 is 9.64 Å². The molecule has 3 heterocycles. The number of rotatable bonds is 2. The molecule has 0 radical (unpaired) electrons. The Morgan fingerprint density at radius 3 is 2.79 bits per heavy atom. The molecule has 1 aromatic heterocycles. The van der Waals surface area contributed by atoms with Gasteiger partial charge in [0, 0.05) is 17.6 Å². The van der Waals surface area contributed by atoms with E-state index in [1.807, 2.05) is 0 Å². The summed E-state index contributed by atoms with van der Waals surface area (Å²) >= 11 is 3.01. The number of nitrogens with zero attached hydrogens (tertiary/aromatic N) is 3. The Balaban J connectivity index is 1.92. The van der Waals surface area contributed by atoms with Gasteiger partial charge in [-0.15, -0.1) is 33.7 Å². The van der Waals surface area contributed by atoms with Crippen LogP contribution in [0.2, 0.25) is 0 Å². The maximum absolute atomic E-state index is 12.3. The lowest BCUT2D eigenvalue weighted by Crippen LogP contribution is -2.35. The molecule has 0 spiro atoms. The summed E-state index contributed by atoms with van der Waals surface area (Å²) in [6, 6.07) is 3.22. The number of aliphatic hydroxyl groups is 1. The maximum Gasteiger partial charge on any atom is 0.269 e. The van der Waals surface area contributed by atoms with Crippen LogP contribution in [0.3, 0.4) is 0 Å². The van der Waals surface area contributed by atoms with Crippen LogP contribution in [0.25, 0.3) is 0 Å². The molecule has 0 aliphatic carbocycles. The minimum Gasteiger partial charge on any atom is -0.480 e. The van der Waals surface area contributed by atoms with Gasteiger partial charge in [-0.2, -0.15) is 0 Å². The highest BCUT2D eigenvalue weighted by atomic mass is 32.2. The molecular formula is C11H11N3O3S2. The Kier molecular flexibility index (Phi) is 3.38. The summed E-state index contributed by atoms with van der Waals surface area (Å²) < 4.78 is 4.92. The first-order chi connectivity index (χ1) is 9.22. The molecule has 2 aliphatic heterocycles. The number of methoxy groups -OCH3 is 1. The summed E-state index contributed by atoms with van der Waals surface area (Å²) in [5.41, 5.74) is 0. The first kappa shape index (κ1) is 12.8. The van der Waals surface area contributed by atoms with Crippen molar-refractivity contribution in [3.8, 4) is 5.88 Å². The Morgan fingerprint density at radius 1 is 1.37 bits per heavy atom. The van der Waals surface area contributed by atoms with Crippen molar-refractivity contribution in [1.29, 1.82) is 0 Å². The Labute approximate surface area is 118 Å². The number of amides is 1. The minimum atomic E-state index is -0.956. The van der Waals surface area contributed by atoms with Crippen LogP contribution in [0.1, 0.15) is 0 Å². The normalized spacial score (nSPS) is 22.7. The van der Waals surface area contributed by atoms with E-state index in [1.165, 1.54) is 35.5 Å². The second-order valence-electron chi connectivity index (χ2n) is 3.87. The molecule has 19 heavy (non-hydrogen) atoms. The first-order valence-corrected chi connectivity index (χ1v) is 7.58. The molecule has 1 unspecified atom stereocenters. The predicted molar refractivity (Wildman–Crippen MR) is 74.0 cm³/mol. The molecule has 1 atom stereocenters. The van der Waals surface area contributed by atoms with Gasteiger partial charge in [0.25, 0.3) is 5.91 Å². The van der Waals surface area contributed by atoms with Gasteiger partial charge in [0.2, 0.25) is 5.88 Å². The van der Waals surface area contributed by atoms with Gasteiger partial charge in [0.1, 0.15) is 0 Å². The third-order valence-corrected chi connectivity index (χ3v) is 5.40. The molecule has 0 aromatic carbocycles. The molecule has 1 N–H and O–H groups in total. The summed E-state index contributed by atoms with van der Waals surface area (Å²) in [4.78, 5) is 14.9. The van der Waals surface area contributed by atoms with E-state index in [0.717, 1.165) is 16.4 Å². The average Bonchev–Trinajstić information content (AvgIpc) is 2.72. The highest BCUT2D eigenvalue weighted by Crippen LogP contribution is 2.43. The maximum atomic E-state index is 12.3. The number of hydrogen-bond donors (Lipinski definition) is 1. The van der Waals surface area contributed by atoms with Crippen molar-refractivity contribution in [2.24, 2.45) is 0 Å². The lowest BCUT2D eigenvalue weighted by molar-refractivity contribution is -0.115. The summed E-state index contributed by atoms with van der Waals surface area (Å²) in [7, 11) is 1.49. The molecule has 0 saturated carbocycles. The lowest BCUT2D eigenvalue weighted by Gasteiger charge is -2.20.